The molecule has 1 aliphatic heterocycles. The first kappa shape index (κ1) is 17.9. The summed E-state index contributed by atoms with van der Waals surface area (Å²) in [7, 11) is 0. The van der Waals surface area contributed by atoms with E-state index in [4.69, 9.17) is 14.6 Å². The Balaban J connectivity index is 2.42. The summed E-state index contributed by atoms with van der Waals surface area (Å²) in [6.45, 7) is 6.83. The first-order valence-corrected chi connectivity index (χ1v) is 7.67. The van der Waals surface area contributed by atoms with Gasteiger partial charge in [-0.05, 0) is 40.0 Å². The molecule has 1 N–H and O–H groups in total. The third-order valence-electron chi connectivity index (χ3n) is 3.63. The van der Waals surface area contributed by atoms with Gasteiger partial charge in [0.05, 0.1) is 19.1 Å². The first-order valence-electron chi connectivity index (χ1n) is 7.67. The van der Waals surface area contributed by atoms with Gasteiger partial charge in [0, 0.05) is 19.2 Å². The number of hydrogen-bond acceptors (Lipinski definition) is 4. The molecule has 0 aromatic carbocycles. The average molecular weight is 301 g/mol. The molecule has 2 atom stereocenters. The van der Waals surface area contributed by atoms with Gasteiger partial charge < -0.3 is 19.5 Å². The lowest BCUT2D eigenvalue weighted by atomic mass is 10.1. The van der Waals surface area contributed by atoms with Crippen molar-refractivity contribution in [2.24, 2.45) is 0 Å². The molecule has 1 fully saturated rings. The van der Waals surface area contributed by atoms with Crippen LogP contribution in [0.25, 0.3) is 0 Å². The molecule has 0 aliphatic carbocycles. The Morgan fingerprint density at radius 1 is 1.33 bits per heavy atom. The predicted molar refractivity (Wildman–Crippen MR) is 78.1 cm³/mol. The van der Waals surface area contributed by atoms with E-state index >= 15 is 0 Å². The summed E-state index contributed by atoms with van der Waals surface area (Å²) in [5.74, 6) is -1.07. The lowest BCUT2D eigenvalue weighted by Gasteiger charge is -2.30. The molecule has 1 aliphatic rings. The molecule has 6 heteroatoms. The van der Waals surface area contributed by atoms with Crippen molar-refractivity contribution in [3.63, 3.8) is 0 Å². The second-order valence-electron chi connectivity index (χ2n) is 5.73. The van der Waals surface area contributed by atoms with Crippen LogP contribution in [0.2, 0.25) is 0 Å². The molecule has 0 saturated carbocycles. The Morgan fingerprint density at radius 2 is 2.05 bits per heavy atom. The number of aliphatic carboxylic acids is 1. The van der Waals surface area contributed by atoms with Crippen molar-refractivity contribution >= 4 is 11.9 Å². The number of nitrogens with zero attached hydrogens (tertiary/aromatic N) is 1. The number of carboxylic acid groups (broad SMARTS) is 1. The van der Waals surface area contributed by atoms with Crippen LogP contribution in [-0.2, 0) is 19.1 Å². The van der Waals surface area contributed by atoms with Crippen molar-refractivity contribution in [3.8, 4) is 0 Å². The third kappa shape index (κ3) is 6.44. The zero-order valence-corrected chi connectivity index (χ0v) is 13.2. The number of carboxylic acids is 1. The van der Waals surface area contributed by atoms with Crippen molar-refractivity contribution in [1.82, 2.24) is 4.90 Å². The van der Waals surface area contributed by atoms with Crippen LogP contribution in [0.4, 0.5) is 0 Å². The SMILES string of the molecule is CC(OCC1CCCCO1)C(=O)N(CCC(=O)O)C(C)C. The Hall–Kier alpha value is -1.14. The number of hydrogen-bond donors (Lipinski definition) is 1. The lowest BCUT2D eigenvalue weighted by Crippen LogP contribution is -2.45. The molecule has 1 rings (SSSR count). The molecule has 0 aromatic heterocycles. The summed E-state index contributed by atoms with van der Waals surface area (Å²) in [4.78, 5) is 24.6. The summed E-state index contributed by atoms with van der Waals surface area (Å²) in [6, 6.07) is -0.0474. The molecular formula is C15H27NO5. The predicted octanol–water partition coefficient (Wildman–Crippen LogP) is 1.67. The molecule has 0 radical (unpaired) electrons. The largest absolute Gasteiger partial charge is 0.481 e. The number of carbonyl (C=O) groups is 2. The van der Waals surface area contributed by atoms with Gasteiger partial charge in [-0.25, -0.2) is 0 Å². The summed E-state index contributed by atoms with van der Waals surface area (Å²) >= 11 is 0. The Labute approximate surface area is 126 Å². The molecule has 21 heavy (non-hydrogen) atoms. The maximum absolute atomic E-state index is 12.3. The fourth-order valence-electron chi connectivity index (χ4n) is 2.33. The van der Waals surface area contributed by atoms with E-state index in [1.165, 1.54) is 0 Å². The quantitative estimate of drug-likeness (QED) is 0.738. The van der Waals surface area contributed by atoms with Crippen LogP contribution >= 0.6 is 0 Å². The van der Waals surface area contributed by atoms with Crippen LogP contribution in [0, 0.1) is 0 Å². The highest BCUT2D eigenvalue weighted by molar-refractivity contribution is 5.81. The zero-order valence-electron chi connectivity index (χ0n) is 13.2. The fourth-order valence-corrected chi connectivity index (χ4v) is 2.33. The van der Waals surface area contributed by atoms with Crippen LogP contribution in [0.5, 0.6) is 0 Å². The molecule has 0 bridgehead atoms. The van der Waals surface area contributed by atoms with Crippen LogP contribution in [-0.4, -0.2) is 59.9 Å². The third-order valence-corrected chi connectivity index (χ3v) is 3.63. The van der Waals surface area contributed by atoms with E-state index < -0.39 is 12.1 Å². The highest BCUT2D eigenvalue weighted by Gasteiger charge is 2.25. The first-order chi connectivity index (χ1) is 9.91. The molecule has 6 nitrogen and oxygen atoms in total. The van der Waals surface area contributed by atoms with Gasteiger partial charge in [0.1, 0.15) is 6.10 Å². The lowest BCUT2D eigenvalue weighted by molar-refractivity contribution is -0.149. The van der Waals surface area contributed by atoms with Crippen LogP contribution in [0.3, 0.4) is 0 Å². The van der Waals surface area contributed by atoms with Gasteiger partial charge in [-0.1, -0.05) is 0 Å². The number of carbonyl (C=O) groups excluding carboxylic acids is 1. The minimum Gasteiger partial charge on any atom is -0.481 e. The number of ether oxygens (including phenoxy) is 2. The van der Waals surface area contributed by atoms with Crippen LogP contribution in [0.15, 0.2) is 0 Å². The van der Waals surface area contributed by atoms with Gasteiger partial charge in [-0.15, -0.1) is 0 Å². The topological polar surface area (TPSA) is 76.1 Å². The normalized spacial score (nSPS) is 20.3. The van der Waals surface area contributed by atoms with E-state index in [1.807, 2.05) is 13.8 Å². The average Bonchev–Trinajstić information content (AvgIpc) is 2.45. The van der Waals surface area contributed by atoms with Crippen molar-refractivity contribution in [2.45, 2.75) is 64.7 Å². The molecular weight excluding hydrogens is 274 g/mol. The standard InChI is InChI=1S/C15H27NO5/c1-11(2)16(8-7-14(17)18)15(19)12(3)21-10-13-6-4-5-9-20-13/h11-13H,4-10H2,1-3H3,(H,17,18). The van der Waals surface area contributed by atoms with Crippen molar-refractivity contribution in [3.05, 3.63) is 0 Å². The van der Waals surface area contributed by atoms with Gasteiger partial charge in [0.2, 0.25) is 0 Å². The van der Waals surface area contributed by atoms with Crippen LogP contribution < -0.4 is 0 Å². The van der Waals surface area contributed by atoms with Gasteiger partial charge in [-0.3, -0.25) is 9.59 Å². The molecule has 1 amide bonds. The van der Waals surface area contributed by atoms with Crippen molar-refractivity contribution in [2.75, 3.05) is 19.8 Å². The minimum atomic E-state index is -0.905. The Bertz CT molecular complexity index is 339. The Morgan fingerprint density at radius 3 is 2.57 bits per heavy atom. The maximum atomic E-state index is 12.3. The molecule has 1 saturated heterocycles. The summed E-state index contributed by atoms with van der Waals surface area (Å²) in [5, 5.41) is 8.75. The minimum absolute atomic E-state index is 0.0474. The molecule has 1 heterocycles. The number of rotatable bonds is 8. The van der Waals surface area contributed by atoms with E-state index in [2.05, 4.69) is 0 Å². The summed E-state index contributed by atoms with van der Waals surface area (Å²) < 4.78 is 11.2. The monoisotopic (exact) mass is 301 g/mol. The van der Waals surface area contributed by atoms with Gasteiger partial charge in [0.25, 0.3) is 5.91 Å². The molecule has 0 spiro atoms. The molecule has 2 unspecified atom stereocenters. The van der Waals surface area contributed by atoms with Crippen LogP contribution in [0.1, 0.15) is 46.5 Å². The number of amides is 1. The second kappa shape index (κ2) is 9.00. The highest BCUT2D eigenvalue weighted by Crippen LogP contribution is 2.14. The van der Waals surface area contributed by atoms with Gasteiger partial charge in [0.15, 0.2) is 0 Å². The molecule has 122 valence electrons. The fraction of sp³-hybridized carbons (Fsp3) is 0.867. The maximum Gasteiger partial charge on any atom is 0.305 e. The van der Waals surface area contributed by atoms with E-state index in [1.54, 1.807) is 11.8 Å². The van der Waals surface area contributed by atoms with E-state index in [0.29, 0.717) is 6.61 Å². The van der Waals surface area contributed by atoms with E-state index in [-0.39, 0.29) is 31.0 Å². The van der Waals surface area contributed by atoms with Gasteiger partial charge >= 0.3 is 5.97 Å². The smallest absolute Gasteiger partial charge is 0.305 e. The van der Waals surface area contributed by atoms with Crippen molar-refractivity contribution in [1.29, 1.82) is 0 Å². The summed E-state index contributed by atoms with van der Waals surface area (Å²) in [5.41, 5.74) is 0. The second-order valence-corrected chi connectivity index (χ2v) is 5.73. The highest BCUT2D eigenvalue weighted by atomic mass is 16.5. The van der Waals surface area contributed by atoms with E-state index in [9.17, 15) is 9.59 Å². The molecule has 0 aromatic rings. The van der Waals surface area contributed by atoms with Crippen molar-refractivity contribution < 1.29 is 24.2 Å². The zero-order chi connectivity index (χ0) is 15.8. The van der Waals surface area contributed by atoms with Gasteiger partial charge in [-0.2, -0.15) is 0 Å². The van der Waals surface area contributed by atoms with E-state index in [0.717, 1.165) is 25.9 Å². The Kier molecular flexibility index (Phi) is 7.67. The summed E-state index contributed by atoms with van der Waals surface area (Å²) in [6.07, 6.45) is 2.62.